The zero-order valence-corrected chi connectivity index (χ0v) is 11.6. The maximum absolute atomic E-state index is 13.4. The minimum atomic E-state index is -0.612. The van der Waals surface area contributed by atoms with E-state index in [0.29, 0.717) is 17.9 Å². The average molecular weight is 305 g/mol. The van der Waals surface area contributed by atoms with Gasteiger partial charge in [0, 0.05) is 18.7 Å². The van der Waals surface area contributed by atoms with Gasteiger partial charge in [-0.05, 0) is 36.6 Å². The van der Waals surface area contributed by atoms with Crippen molar-refractivity contribution >= 4 is 11.5 Å². The van der Waals surface area contributed by atoms with Crippen molar-refractivity contribution in [1.82, 2.24) is 4.98 Å². The molecule has 2 heterocycles. The number of halogens is 2. The topological polar surface area (TPSA) is 59.3 Å². The molecule has 1 atom stereocenters. The summed E-state index contributed by atoms with van der Waals surface area (Å²) in [4.78, 5) is 16.2. The highest BCUT2D eigenvalue weighted by molar-refractivity contribution is 5.47. The molecule has 1 saturated heterocycles. The smallest absolute Gasteiger partial charge is 0.287 e. The molecule has 0 radical (unpaired) electrons. The van der Waals surface area contributed by atoms with E-state index in [2.05, 4.69) is 4.98 Å². The predicted octanol–water partition coefficient (Wildman–Crippen LogP) is 3.61. The summed E-state index contributed by atoms with van der Waals surface area (Å²) in [6.45, 7) is 0.688. The Labute approximate surface area is 125 Å². The molecular formula is C15H13F2N3O2. The zero-order valence-electron chi connectivity index (χ0n) is 11.6. The van der Waals surface area contributed by atoms with E-state index in [0.717, 1.165) is 18.9 Å². The van der Waals surface area contributed by atoms with Crippen LogP contribution in [0, 0.1) is 21.7 Å². The van der Waals surface area contributed by atoms with Crippen LogP contribution >= 0.6 is 0 Å². The normalized spacial score (nSPS) is 17.7. The second-order valence-electron chi connectivity index (χ2n) is 5.19. The van der Waals surface area contributed by atoms with Gasteiger partial charge in [0.2, 0.25) is 0 Å². The number of hydrogen-bond donors (Lipinski definition) is 0. The van der Waals surface area contributed by atoms with E-state index in [-0.39, 0.29) is 11.7 Å². The Hall–Kier alpha value is -2.57. The van der Waals surface area contributed by atoms with Gasteiger partial charge in [0.1, 0.15) is 23.6 Å². The number of aromatic nitrogens is 1. The van der Waals surface area contributed by atoms with Crippen molar-refractivity contribution in [1.29, 1.82) is 0 Å². The maximum Gasteiger partial charge on any atom is 0.287 e. The van der Waals surface area contributed by atoms with Crippen LogP contribution < -0.4 is 4.90 Å². The maximum atomic E-state index is 13.4. The van der Waals surface area contributed by atoms with Gasteiger partial charge in [-0.15, -0.1) is 0 Å². The lowest BCUT2D eigenvalue weighted by Crippen LogP contribution is -2.23. The van der Waals surface area contributed by atoms with Crippen molar-refractivity contribution in [3.63, 3.8) is 0 Å². The number of anilines is 1. The molecule has 0 N–H and O–H groups in total. The molecule has 1 aliphatic rings. The Morgan fingerprint density at radius 1 is 1.23 bits per heavy atom. The van der Waals surface area contributed by atoms with Crippen molar-refractivity contribution in [2.45, 2.75) is 18.9 Å². The second-order valence-corrected chi connectivity index (χ2v) is 5.19. The summed E-state index contributed by atoms with van der Waals surface area (Å²) < 4.78 is 26.8. The molecule has 1 aromatic heterocycles. The third-order valence-electron chi connectivity index (χ3n) is 3.76. The summed E-state index contributed by atoms with van der Waals surface area (Å²) >= 11 is 0. The Balaban J connectivity index is 1.91. The van der Waals surface area contributed by atoms with Gasteiger partial charge in [-0.1, -0.05) is 0 Å². The van der Waals surface area contributed by atoms with E-state index in [9.17, 15) is 18.9 Å². The minimum Gasteiger partial charge on any atom is -0.350 e. The third kappa shape index (κ3) is 2.74. The fraction of sp³-hybridized carbons (Fsp3) is 0.267. The van der Waals surface area contributed by atoms with Crippen molar-refractivity contribution in [2.75, 3.05) is 11.4 Å². The second kappa shape index (κ2) is 5.67. The summed E-state index contributed by atoms with van der Waals surface area (Å²) in [6.07, 6.45) is 2.81. The van der Waals surface area contributed by atoms with Crippen molar-refractivity contribution in [3.8, 4) is 0 Å². The average Bonchev–Trinajstić information content (AvgIpc) is 2.95. The van der Waals surface area contributed by atoms with Crippen LogP contribution in [0.4, 0.5) is 20.3 Å². The first kappa shape index (κ1) is 14.4. The van der Waals surface area contributed by atoms with Crippen LogP contribution in [0.2, 0.25) is 0 Å². The lowest BCUT2D eigenvalue weighted by molar-refractivity contribution is -0.385. The molecule has 5 nitrogen and oxygen atoms in total. The van der Waals surface area contributed by atoms with Crippen LogP contribution in [0.15, 0.2) is 36.5 Å². The van der Waals surface area contributed by atoms with Gasteiger partial charge >= 0.3 is 0 Å². The summed E-state index contributed by atoms with van der Waals surface area (Å²) in [5.74, 6) is -0.658. The molecule has 22 heavy (non-hydrogen) atoms. The summed E-state index contributed by atoms with van der Waals surface area (Å²) in [7, 11) is 0. The molecule has 0 aliphatic carbocycles. The Kier molecular flexibility index (Phi) is 3.70. The molecule has 2 aromatic rings. The first-order valence-electron chi connectivity index (χ1n) is 6.87. The van der Waals surface area contributed by atoms with E-state index < -0.39 is 16.6 Å². The zero-order chi connectivity index (χ0) is 15.7. The molecule has 3 rings (SSSR count). The van der Waals surface area contributed by atoms with Gasteiger partial charge in [0.15, 0.2) is 0 Å². The molecule has 1 aliphatic heterocycles. The van der Waals surface area contributed by atoms with Crippen LogP contribution in [0.1, 0.15) is 24.4 Å². The summed E-state index contributed by atoms with van der Waals surface area (Å²) in [6, 6.07) is 6.23. The highest BCUT2D eigenvalue weighted by Gasteiger charge is 2.28. The van der Waals surface area contributed by atoms with Crippen LogP contribution in [0.25, 0.3) is 0 Å². The molecule has 114 valence electrons. The molecule has 0 unspecified atom stereocenters. The molecule has 1 fully saturated rings. The Bertz CT molecular complexity index is 686. The van der Waals surface area contributed by atoms with Crippen molar-refractivity contribution in [2.24, 2.45) is 0 Å². The van der Waals surface area contributed by atoms with Crippen molar-refractivity contribution in [3.05, 3.63) is 63.8 Å². The fourth-order valence-electron chi connectivity index (χ4n) is 2.81. The van der Waals surface area contributed by atoms with E-state index in [1.165, 1.54) is 24.4 Å². The van der Waals surface area contributed by atoms with Crippen molar-refractivity contribution < 1.29 is 13.7 Å². The molecular weight excluding hydrogens is 292 g/mol. The van der Waals surface area contributed by atoms with Crippen LogP contribution in [0.5, 0.6) is 0 Å². The van der Waals surface area contributed by atoms with E-state index in [4.69, 9.17) is 0 Å². The lowest BCUT2D eigenvalue weighted by Gasteiger charge is -2.26. The molecule has 1 aromatic carbocycles. The Morgan fingerprint density at radius 3 is 2.55 bits per heavy atom. The van der Waals surface area contributed by atoms with Gasteiger partial charge in [-0.25, -0.2) is 13.8 Å². The molecule has 0 saturated carbocycles. The Morgan fingerprint density at radius 2 is 1.95 bits per heavy atom. The number of benzene rings is 1. The van der Waals surface area contributed by atoms with Gasteiger partial charge in [-0.3, -0.25) is 10.1 Å². The first-order valence-corrected chi connectivity index (χ1v) is 6.87. The molecule has 0 amide bonds. The largest absolute Gasteiger partial charge is 0.350 e. The standard InChI is InChI=1S/C15H13F2N3O2/c16-11-6-10(7-12(17)8-11)14-2-1-5-19(14)15-4-3-13(9-18-15)20(21)22/h3-4,6-9,14H,1-2,5H2/t14-/m0/s1. The highest BCUT2D eigenvalue weighted by atomic mass is 19.1. The lowest BCUT2D eigenvalue weighted by atomic mass is 10.0. The van der Waals surface area contributed by atoms with E-state index in [1.54, 1.807) is 6.07 Å². The van der Waals surface area contributed by atoms with Gasteiger partial charge < -0.3 is 4.90 Å². The van der Waals surface area contributed by atoms with E-state index in [1.807, 2.05) is 4.90 Å². The van der Waals surface area contributed by atoms with Crippen LogP contribution in [-0.2, 0) is 0 Å². The number of nitro groups is 1. The number of rotatable bonds is 3. The monoisotopic (exact) mass is 305 g/mol. The van der Waals surface area contributed by atoms with Gasteiger partial charge in [0.05, 0.1) is 11.0 Å². The SMILES string of the molecule is O=[N+]([O-])c1ccc(N2CCC[C@H]2c2cc(F)cc(F)c2)nc1. The highest BCUT2D eigenvalue weighted by Crippen LogP contribution is 2.36. The number of hydrogen-bond acceptors (Lipinski definition) is 4. The summed E-state index contributed by atoms with van der Waals surface area (Å²) in [5.41, 5.74) is 0.464. The number of nitrogens with zero attached hydrogens (tertiary/aromatic N) is 3. The van der Waals surface area contributed by atoms with Crippen LogP contribution in [-0.4, -0.2) is 16.5 Å². The first-order chi connectivity index (χ1) is 10.5. The quantitative estimate of drug-likeness (QED) is 0.642. The fourth-order valence-corrected chi connectivity index (χ4v) is 2.81. The minimum absolute atomic E-state index is 0.0868. The van der Waals surface area contributed by atoms with Crippen LogP contribution in [0.3, 0.4) is 0 Å². The molecule has 0 bridgehead atoms. The number of pyridine rings is 1. The third-order valence-corrected chi connectivity index (χ3v) is 3.76. The van der Waals surface area contributed by atoms with E-state index >= 15 is 0 Å². The predicted molar refractivity (Wildman–Crippen MR) is 76.6 cm³/mol. The van der Waals surface area contributed by atoms with Gasteiger partial charge in [0.25, 0.3) is 5.69 Å². The summed E-state index contributed by atoms with van der Waals surface area (Å²) in [5, 5.41) is 10.7. The molecule has 7 heteroatoms. The molecule has 0 spiro atoms. The van der Waals surface area contributed by atoms with Gasteiger partial charge in [-0.2, -0.15) is 0 Å².